The van der Waals surface area contributed by atoms with Crippen molar-refractivity contribution in [2.75, 3.05) is 13.6 Å². The van der Waals surface area contributed by atoms with Gasteiger partial charge < -0.3 is 4.98 Å². The Morgan fingerprint density at radius 1 is 1.50 bits per heavy atom. The van der Waals surface area contributed by atoms with Crippen molar-refractivity contribution in [3.8, 4) is 0 Å². The highest BCUT2D eigenvalue weighted by atomic mass is 32.2. The number of hydrogen-bond acceptors (Lipinski definition) is 3. The molecular weight excluding hydrogens is 202 g/mol. The maximum atomic E-state index is 11.7. The summed E-state index contributed by atoms with van der Waals surface area (Å²) in [5.74, 6) is 0.688. The first-order valence-electron chi connectivity index (χ1n) is 4.52. The molecule has 5 nitrogen and oxygen atoms in total. The molecule has 0 spiro atoms. The zero-order valence-electron chi connectivity index (χ0n) is 8.61. The van der Waals surface area contributed by atoms with Crippen molar-refractivity contribution in [2.24, 2.45) is 0 Å². The van der Waals surface area contributed by atoms with Crippen molar-refractivity contribution in [3.63, 3.8) is 0 Å². The highest BCUT2D eigenvalue weighted by Gasteiger charge is 2.21. The molecule has 1 aromatic rings. The lowest BCUT2D eigenvalue weighted by Gasteiger charge is -2.12. The fraction of sp³-hybridized carbons (Fsp3) is 0.625. The molecule has 0 unspecified atom stereocenters. The van der Waals surface area contributed by atoms with Crippen LogP contribution in [0.5, 0.6) is 0 Å². The van der Waals surface area contributed by atoms with Gasteiger partial charge in [0.05, 0.1) is 6.20 Å². The van der Waals surface area contributed by atoms with Crippen molar-refractivity contribution < 1.29 is 8.42 Å². The molecule has 0 aliphatic carbocycles. The minimum absolute atomic E-state index is 0.165. The Morgan fingerprint density at radius 3 is 2.57 bits per heavy atom. The summed E-state index contributed by atoms with van der Waals surface area (Å²) in [6.07, 6.45) is 2.06. The van der Waals surface area contributed by atoms with Crippen LogP contribution in [0.15, 0.2) is 11.2 Å². The number of imidazole rings is 1. The molecule has 14 heavy (non-hydrogen) atoms. The van der Waals surface area contributed by atoms with Gasteiger partial charge in [0, 0.05) is 20.0 Å². The van der Waals surface area contributed by atoms with Crippen molar-refractivity contribution in [1.29, 1.82) is 0 Å². The zero-order valence-corrected chi connectivity index (χ0v) is 9.43. The largest absolute Gasteiger partial charge is 0.332 e. The van der Waals surface area contributed by atoms with Crippen molar-refractivity contribution in [3.05, 3.63) is 12.0 Å². The predicted molar refractivity (Wildman–Crippen MR) is 53.5 cm³/mol. The topological polar surface area (TPSA) is 66.1 Å². The molecule has 0 saturated heterocycles. The number of sulfonamides is 1. The molecule has 0 saturated carbocycles. The molecular formula is C8H15N3O2S. The first-order chi connectivity index (χ1) is 6.52. The van der Waals surface area contributed by atoms with E-state index in [9.17, 15) is 8.42 Å². The van der Waals surface area contributed by atoms with Gasteiger partial charge in [0.15, 0.2) is 5.03 Å². The second kappa shape index (κ2) is 4.10. The average Bonchev–Trinajstić information content (AvgIpc) is 2.65. The minimum atomic E-state index is -3.36. The second-order valence-electron chi connectivity index (χ2n) is 2.97. The summed E-state index contributed by atoms with van der Waals surface area (Å²) in [7, 11) is -1.82. The fourth-order valence-electron chi connectivity index (χ4n) is 0.992. The number of nitrogens with zero attached hydrogens (tertiary/aromatic N) is 2. The van der Waals surface area contributed by atoms with Crippen LogP contribution < -0.4 is 0 Å². The van der Waals surface area contributed by atoms with Gasteiger partial charge in [-0.3, -0.25) is 0 Å². The molecule has 1 aromatic heterocycles. The summed E-state index contributed by atoms with van der Waals surface area (Å²) in [5.41, 5.74) is 0. The molecule has 0 radical (unpaired) electrons. The van der Waals surface area contributed by atoms with Crippen LogP contribution in [0.3, 0.4) is 0 Å². The molecule has 6 heteroatoms. The molecule has 0 amide bonds. The van der Waals surface area contributed by atoms with E-state index in [0.29, 0.717) is 18.8 Å². The number of aromatic amines is 1. The Balaban J connectivity index is 3.04. The average molecular weight is 217 g/mol. The van der Waals surface area contributed by atoms with Crippen LogP contribution in [0, 0.1) is 0 Å². The normalized spacial score (nSPS) is 12.3. The van der Waals surface area contributed by atoms with Crippen LogP contribution in [0.25, 0.3) is 0 Å². The summed E-state index contributed by atoms with van der Waals surface area (Å²) in [4.78, 5) is 6.73. The molecule has 0 atom stereocenters. The van der Waals surface area contributed by atoms with E-state index in [2.05, 4.69) is 9.97 Å². The first-order valence-corrected chi connectivity index (χ1v) is 5.96. The number of hydrogen-bond donors (Lipinski definition) is 1. The van der Waals surface area contributed by atoms with Crippen LogP contribution in [-0.4, -0.2) is 36.3 Å². The lowest BCUT2D eigenvalue weighted by Crippen LogP contribution is -2.26. The van der Waals surface area contributed by atoms with Gasteiger partial charge in [0.2, 0.25) is 0 Å². The van der Waals surface area contributed by atoms with Crippen molar-refractivity contribution in [2.45, 2.75) is 25.3 Å². The summed E-state index contributed by atoms with van der Waals surface area (Å²) in [6, 6.07) is 0. The van der Waals surface area contributed by atoms with Crippen LogP contribution in [0.2, 0.25) is 0 Å². The summed E-state index contributed by atoms with van der Waals surface area (Å²) in [5, 5.41) is 0.165. The van der Waals surface area contributed by atoms with Gasteiger partial charge >= 0.3 is 0 Å². The highest BCUT2D eigenvalue weighted by Crippen LogP contribution is 2.11. The Morgan fingerprint density at radius 2 is 2.14 bits per heavy atom. The molecule has 0 aliphatic rings. The maximum absolute atomic E-state index is 11.7. The van der Waals surface area contributed by atoms with E-state index in [4.69, 9.17) is 0 Å². The smallest absolute Gasteiger partial charge is 0.259 e. The van der Waals surface area contributed by atoms with Crippen LogP contribution in [0.1, 0.15) is 19.7 Å². The van der Waals surface area contributed by atoms with Crippen LogP contribution >= 0.6 is 0 Å². The fourth-order valence-corrected chi connectivity index (χ4v) is 2.10. The molecule has 1 rings (SSSR count). The van der Waals surface area contributed by atoms with Gasteiger partial charge in [-0.05, 0) is 0 Å². The molecule has 0 aliphatic heterocycles. The van der Waals surface area contributed by atoms with E-state index in [-0.39, 0.29) is 5.03 Å². The van der Waals surface area contributed by atoms with Gasteiger partial charge in [-0.1, -0.05) is 13.8 Å². The molecule has 0 fully saturated rings. The zero-order chi connectivity index (χ0) is 10.8. The monoisotopic (exact) mass is 217 g/mol. The van der Waals surface area contributed by atoms with E-state index in [0.717, 1.165) is 0 Å². The molecule has 0 aromatic carbocycles. The molecule has 80 valence electrons. The van der Waals surface area contributed by atoms with Gasteiger partial charge in [0.1, 0.15) is 5.82 Å². The Hall–Kier alpha value is -0.880. The Kier molecular flexibility index (Phi) is 3.28. The second-order valence-corrected chi connectivity index (χ2v) is 4.98. The van der Waals surface area contributed by atoms with E-state index >= 15 is 0 Å². The third-order valence-corrected chi connectivity index (χ3v) is 3.92. The lowest BCUT2D eigenvalue weighted by molar-refractivity contribution is 0.483. The quantitative estimate of drug-likeness (QED) is 0.803. The van der Waals surface area contributed by atoms with Crippen LogP contribution in [0.4, 0.5) is 0 Å². The Labute approximate surface area is 84.2 Å². The van der Waals surface area contributed by atoms with Crippen molar-refractivity contribution in [1.82, 2.24) is 14.3 Å². The first kappa shape index (κ1) is 11.2. The number of H-pyrrole nitrogens is 1. The standard InChI is InChI=1S/C8H15N3O2S/c1-4-7-9-6-8(10-7)14(12,13)11(3)5-2/h6H,4-5H2,1-3H3,(H,9,10). The van der Waals surface area contributed by atoms with Gasteiger partial charge in [0.25, 0.3) is 10.0 Å². The van der Waals surface area contributed by atoms with Crippen LogP contribution in [-0.2, 0) is 16.4 Å². The molecule has 0 bridgehead atoms. The third-order valence-electron chi connectivity index (χ3n) is 2.07. The minimum Gasteiger partial charge on any atom is -0.332 e. The van der Waals surface area contributed by atoms with Gasteiger partial charge in [-0.15, -0.1) is 0 Å². The summed E-state index contributed by atoms with van der Waals surface area (Å²) < 4.78 is 24.8. The number of aromatic nitrogens is 2. The number of nitrogens with one attached hydrogen (secondary N) is 1. The van der Waals surface area contributed by atoms with Gasteiger partial charge in [-0.25, -0.2) is 13.4 Å². The third kappa shape index (κ3) is 1.96. The highest BCUT2D eigenvalue weighted by molar-refractivity contribution is 7.89. The maximum Gasteiger partial charge on any atom is 0.259 e. The van der Waals surface area contributed by atoms with Crippen molar-refractivity contribution >= 4 is 10.0 Å². The SMILES string of the molecule is CCc1ncc(S(=O)(=O)N(C)CC)[nH]1. The van der Waals surface area contributed by atoms with E-state index in [1.165, 1.54) is 10.5 Å². The molecule has 1 heterocycles. The molecule has 1 N–H and O–H groups in total. The Bertz CT molecular complexity index is 396. The van der Waals surface area contributed by atoms with Gasteiger partial charge in [-0.2, -0.15) is 4.31 Å². The van der Waals surface area contributed by atoms with E-state index in [1.54, 1.807) is 14.0 Å². The lowest BCUT2D eigenvalue weighted by atomic mass is 10.5. The van der Waals surface area contributed by atoms with E-state index in [1.807, 2.05) is 6.92 Å². The summed E-state index contributed by atoms with van der Waals surface area (Å²) >= 11 is 0. The summed E-state index contributed by atoms with van der Waals surface area (Å²) in [6.45, 7) is 4.15. The predicted octanol–water partition coefficient (Wildman–Crippen LogP) is 0.613. The number of aryl methyl sites for hydroxylation is 1. The number of rotatable bonds is 4. The van der Waals surface area contributed by atoms with E-state index < -0.39 is 10.0 Å².